The fourth-order valence-electron chi connectivity index (χ4n) is 1.75. The molecular formula is C14H17F2NO4. The van der Waals surface area contributed by atoms with E-state index < -0.39 is 24.4 Å². The highest BCUT2D eigenvalue weighted by molar-refractivity contribution is 5.94. The van der Waals surface area contributed by atoms with Crippen LogP contribution in [0.4, 0.5) is 8.78 Å². The maximum atomic E-state index is 12.3. The number of carboxylic acids is 1. The summed E-state index contributed by atoms with van der Waals surface area (Å²) >= 11 is 0. The quantitative estimate of drug-likeness (QED) is 0.840. The summed E-state index contributed by atoms with van der Waals surface area (Å²) in [6, 6.07) is 5.43. The van der Waals surface area contributed by atoms with Crippen LogP contribution in [0.5, 0.6) is 5.75 Å². The van der Waals surface area contributed by atoms with Gasteiger partial charge in [-0.3, -0.25) is 9.59 Å². The van der Waals surface area contributed by atoms with Crippen molar-refractivity contribution in [3.05, 3.63) is 29.8 Å². The van der Waals surface area contributed by atoms with Crippen molar-refractivity contribution in [2.24, 2.45) is 5.92 Å². The molecule has 0 radical (unpaired) electrons. The smallest absolute Gasteiger partial charge is 0.387 e. The zero-order chi connectivity index (χ0) is 16.0. The van der Waals surface area contributed by atoms with Gasteiger partial charge in [0.25, 0.3) is 5.91 Å². The molecule has 0 spiro atoms. The first-order chi connectivity index (χ1) is 9.85. The second-order valence-corrected chi connectivity index (χ2v) is 4.49. The highest BCUT2D eigenvalue weighted by atomic mass is 19.3. The second kappa shape index (κ2) is 7.56. The van der Waals surface area contributed by atoms with Gasteiger partial charge >= 0.3 is 12.6 Å². The molecule has 0 bridgehead atoms. The molecule has 0 saturated heterocycles. The predicted octanol–water partition coefficient (Wildman–Crippen LogP) is 2.47. The van der Waals surface area contributed by atoms with E-state index in [1.54, 1.807) is 6.92 Å². The Morgan fingerprint density at radius 1 is 1.38 bits per heavy atom. The summed E-state index contributed by atoms with van der Waals surface area (Å²) in [6.45, 7) is 0.603. The summed E-state index contributed by atoms with van der Waals surface area (Å²) in [5.41, 5.74) is 0.174. The number of halogens is 2. The molecule has 0 aliphatic carbocycles. The number of amides is 1. The maximum absolute atomic E-state index is 12.3. The van der Waals surface area contributed by atoms with Crippen LogP contribution in [0.3, 0.4) is 0 Å². The lowest BCUT2D eigenvalue weighted by atomic mass is 10.1. The van der Waals surface area contributed by atoms with Crippen molar-refractivity contribution in [1.82, 2.24) is 4.90 Å². The average molecular weight is 301 g/mol. The second-order valence-electron chi connectivity index (χ2n) is 4.49. The predicted molar refractivity (Wildman–Crippen MR) is 71.5 cm³/mol. The number of carbonyl (C=O) groups excluding carboxylic acids is 1. The van der Waals surface area contributed by atoms with Crippen LogP contribution in [-0.4, -0.2) is 41.6 Å². The minimum Gasteiger partial charge on any atom is -0.481 e. The van der Waals surface area contributed by atoms with Crippen LogP contribution in [0.15, 0.2) is 24.3 Å². The number of carboxylic acid groups (broad SMARTS) is 1. The third kappa shape index (κ3) is 5.02. The molecule has 1 atom stereocenters. The van der Waals surface area contributed by atoms with E-state index >= 15 is 0 Å². The summed E-state index contributed by atoms with van der Waals surface area (Å²) in [5.74, 6) is -2.26. The topological polar surface area (TPSA) is 66.8 Å². The highest BCUT2D eigenvalue weighted by Gasteiger charge is 2.21. The van der Waals surface area contributed by atoms with E-state index in [9.17, 15) is 18.4 Å². The lowest BCUT2D eigenvalue weighted by Crippen LogP contribution is -2.36. The van der Waals surface area contributed by atoms with E-state index in [1.807, 2.05) is 0 Å². The van der Waals surface area contributed by atoms with Crippen LogP contribution < -0.4 is 4.74 Å². The molecule has 1 amide bonds. The fourth-order valence-corrected chi connectivity index (χ4v) is 1.75. The molecule has 21 heavy (non-hydrogen) atoms. The number of aliphatic carboxylic acids is 1. The molecule has 7 heteroatoms. The van der Waals surface area contributed by atoms with Gasteiger partial charge in [0.05, 0.1) is 5.92 Å². The summed E-state index contributed by atoms with van der Waals surface area (Å²) < 4.78 is 28.6. The minimum atomic E-state index is -2.97. The van der Waals surface area contributed by atoms with Crippen LogP contribution in [0.25, 0.3) is 0 Å². The molecule has 1 N–H and O–H groups in total. The molecule has 1 rings (SSSR count). The summed E-state index contributed by atoms with van der Waals surface area (Å²) in [6.07, 6.45) is 0. The molecule has 1 aromatic carbocycles. The first-order valence-corrected chi connectivity index (χ1v) is 6.42. The number of rotatable bonds is 7. The fraction of sp³-hybridized carbons (Fsp3) is 0.429. The largest absolute Gasteiger partial charge is 0.481 e. The molecule has 1 aromatic rings. The van der Waals surface area contributed by atoms with E-state index in [0.717, 1.165) is 0 Å². The number of alkyl halides is 2. The molecule has 0 fully saturated rings. The summed E-state index contributed by atoms with van der Waals surface area (Å²) in [4.78, 5) is 24.5. The van der Waals surface area contributed by atoms with E-state index in [0.29, 0.717) is 6.54 Å². The van der Waals surface area contributed by atoms with Gasteiger partial charge in [-0.25, -0.2) is 0 Å². The van der Waals surface area contributed by atoms with Crippen molar-refractivity contribution in [1.29, 1.82) is 0 Å². The Morgan fingerprint density at radius 3 is 2.57 bits per heavy atom. The van der Waals surface area contributed by atoms with Gasteiger partial charge in [0, 0.05) is 18.7 Å². The van der Waals surface area contributed by atoms with Gasteiger partial charge in [-0.1, -0.05) is 13.0 Å². The Bertz CT molecular complexity index is 508. The van der Waals surface area contributed by atoms with E-state index in [-0.39, 0.29) is 17.9 Å². The number of ether oxygens (including phenoxy) is 1. The molecule has 5 nitrogen and oxygen atoms in total. The molecule has 116 valence electrons. The summed E-state index contributed by atoms with van der Waals surface area (Å²) in [7, 11) is 0. The number of carbonyl (C=O) groups is 2. The SMILES string of the molecule is CCN(CC(C)C(=O)O)C(=O)c1cccc(OC(F)F)c1. The van der Waals surface area contributed by atoms with Gasteiger partial charge in [-0.05, 0) is 25.1 Å². The van der Waals surface area contributed by atoms with Gasteiger partial charge in [-0.2, -0.15) is 8.78 Å². The van der Waals surface area contributed by atoms with Crippen LogP contribution in [0, 0.1) is 5.92 Å². The Morgan fingerprint density at radius 2 is 2.05 bits per heavy atom. The molecule has 0 aliphatic heterocycles. The van der Waals surface area contributed by atoms with Crippen molar-refractivity contribution < 1.29 is 28.2 Å². The van der Waals surface area contributed by atoms with Crippen molar-refractivity contribution in [3.63, 3.8) is 0 Å². The standard InChI is InChI=1S/C14H17F2NO4/c1-3-17(8-9(2)13(19)20)12(18)10-5-4-6-11(7-10)21-14(15)16/h4-7,9,14H,3,8H2,1-2H3,(H,19,20). The molecule has 0 aliphatic rings. The Kier molecular flexibility index (Phi) is 6.08. The first-order valence-electron chi connectivity index (χ1n) is 6.42. The van der Waals surface area contributed by atoms with E-state index in [4.69, 9.17) is 5.11 Å². The molecule has 1 unspecified atom stereocenters. The monoisotopic (exact) mass is 301 g/mol. The Hall–Kier alpha value is -2.18. The van der Waals surface area contributed by atoms with Gasteiger partial charge < -0.3 is 14.7 Å². The van der Waals surface area contributed by atoms with Crippen molar-refractivity contribution in [2.75, 3.05) is 13.1 Å². The average Bonchev–Trinajstić information content (AvgIpc) is 2.43. The first kappa shape index (κ1) is 16.9. The lowest BCUT2D eigenvalue weighted by Gasteiger charge is -2.23. The van der Waals surface area contributed by atoms with Gasteiger partial charge in [0.2, 0.25) is 0 Å². The molecular weight excluding hydrogens is 284 g/mol. The van der Waals surface area contributed by atoms with Crippen LogP contribution in [0.1, 0.15) is 24.2 Å². The zero-order valence-electron chi connectivity index (χ0n) is 11.8. The Balaban J connectivity index is 2.87. The van der Waals surface area contributed by atoms with E-state index in [1.165, 1.54) is 36.1 Å². The number of hydrogen-bond donors (Lipinski definition) is 1. The van der Waals surface area contributed by atoms with Crippen molar-refractivity contribution in [2.45, 2.75) is 20.5 Å². The third-order valence-corrected chi connectivity index (χ3v) is 2.89. The highest BCUT2D eigenvalue weighted by Crippen LogP contribution is 2.17. The maximum Gasteiger partial charge on any atom is 0.387 e. The van der Waals surface area contributed by atoms with E-state index in [2.05, 4.69) is 4.74 Å². The number of hydrogen-bond acceptors (Lipinski definition) is 3. The van der Waals surface area contributed by atoms with Crippen LogP contribution in [0.2, 0.25) is 0 Å². The molecule has 0 aromatic heterocycles. The van der Waals surface area contributed by atoms with Crippen LogP contribution in [-0.2, 0) is 4.79 Å². The molecule has 0 saturated carbocycles. The van der Waals surface area contributed by atoms with Crippen molar-refractivity contribution >= 4 is 11.9 Å². The van der Waals surface area contributed by atoms with Gasteiger partial charge in [0.1, 0.15) is 5.75 Å². The number of benzene rings is 1. The van der Waals surface area contributed by atoms with Gasteiger partial charge in [0.15, 0.2) is 0 Å². The van der Waals surface area contributed by atoms with Crippen LogP contribution >= 0.6 is 0 Å². The normalized spacial score (nSPS) is 12.0. The van der Waals surface area contributed by atoms with Gasteiger partial charge in [-0.15, -0.1) is 0 Å². The Labute approximate surface area is 121 Å². The molecule has 0 heterocycles. The number of nitrogens with zero attached hydrogens (tertiary/aromatic N) is 1. The summed E-state index contributed by atoms with van der Waals surface area (Å²) in [5, 5.41) is 8.88. The zero-order valence-corrected chi connectivity index (χ0v) is 11.8. The minimum absolute atomic E-state index is 0.0462. The van der Waals surface area contributed by atoms with Crippen molar-refractivity contribution in [3.8, 4) is 5.75 Å². The lowest BCUT2D eigenvalue weighted by molar-refractivity contribution is -0.141. The third-order valence-electron chi connectivity index (χ3n) is 2.89.